The molecule has 0 aromatic carbocycles. The summed E-state index contributed by atoms with van der Waals surface area (Å²) in [6, 6.07) is 0. The number of carbonyl (C=O) groups is 1. The average Bonchev–Trinajstić information content (AvgIpc) is 2.05. The molecule has 0 saturated carbocycles. The Balaban J connectivity index is 3.42. The number of ether oxygens (including phenoxy) is 1. The van der Waals surface area contributed by atoms with Crippen LogP contribution < -0.4 is 10.6 Å². The minimum absolute atomic E-state index is 0.0476. The van der Waals surface area contributed by atoms with Gasteiger partial charge < -0.3 is 15.4 Å². The molecule has 0 spiro atoms. The molecule has 0 saturated heterocycles. The molecule has 72 valence electrons. The van der Waals surface area contributed by atoms with Crippen LogP contribution in [0.4, 0.5) is 0 Å². The predicted octanol–water partition coefficient (Wildman–Crippen LogP) is -0.253. The Bertz CT molecular complexity index is 128. The van der Waals surface area contributed by atoms with E-state index in [1.165, 1.54) is 0 Å². The summed E-state index contributed by atoms with van der Waals surface area (Å²) in [6.07, 6.45) is -0.349. The lowest BCUT2D eigenvalue weighted by atomic mass is 10.4. The molecule has 1 unspecified atom stereocenters. The number of amides is 1. The molecule has 0 aromatic heterocycles. The Morgan fingerprint density at radius 3 is 2.75 bits per heavy atom. The predicted molar refractivity (Wildman–Crippen MR) is 48.0 cm³/mol. The number of likely N-dealkylation sites (N-methyl/N-ethyl adjacent to an activating group) is 2. The van der Waals surface area contributed by atoms with Gasteiger partial charge in [0.1, 0.15) is 6.10 Å². The first-order valence-electron chi connectivity index (χ1n) is 4.26. The quantitative estimate of drug-likeness (QED) is 0.546. The van der Waals surface area contributed by atoms with Crippen LogP contribution in [0.5, 0.6) is 0 Å². The third-order valence-electron chi connectivity index (χ3n) is 1.44. The van der Waals surface area contributed by atoms with Gasteiger partial charge in [0.15, 0.2) is 0 Å². The molecule has 0 aliphatic heterocycles. The molecule has 1 amide bonds. The first-order chi connectivity index (χ1) is 5.72. The summed E-state index contributed by atoms with van der Waals surface area (Å²) < 4.78 is 5.22. The Hall–Kier alpha value is -0.610. The first-order valence-corrected chi connectivity index (χ1v) is 4.26. The molecule has 0 radical (unpaired) electrons. The van der Waals surface area contributed by atoms with Crippen LogP contribution in [-0.2, 0) is 9.53 Å². The van der Waals surface area contributed by atoms with Gasteiger partial charge in [0, 0.05) is 13.1 Å². The highest BCUT2D eigenvalue weighted by Crippen LogP contribution is 1.89. The molecular weight excluding hydrogens is 156 g/mol. The monoisotopic (exact) mass is 174 g/mol. The molecule has 12 heavy (non-hydrogen) atoms. The third-order valence-corrected chi connectivity index (χ3v) is 1.44. The van der Waals surface area contributed by atoms with E-state index in [9.17, 15) is 4.79 Å². The normalized spacial score (nSPS) is 12.6. The molecule has 4 nitrogen and oxygen atoms in total. The van der Waals surface area contributed by atoms with Gasteiger partial charge >= 0.3 is 0 Å². The molecule has 0 aromatic rings. The summed E-state index contributed by atoms with van der Waals surface area (Å²) in [4.78, 5) is 11.1. The van der Waals surface area contributed by atoms with Crippen molar-refractivity contribution in [2.75, 3.05) is 26.7 Å². The topological polar surface area (TPSA) is 50.4 Å². The molecular formula is C8H18N2O2. The molecule has 0 fully saturated rings. The molecule has 0 heterocycles. The van der Waals surface area contributed by atoms with Gasteiger partial charge in [-0.3, -0.25) is 4.79 Å². The molecule has 0 rings (SSSR count). The van der Waals surface area contributed by atoms with E-state index in [2.05, 4.69) is 10.6 Å². The maximum Gasteiger partial charge on any atom is 0.248 e. The second-order valence-electron chi connectivity index (χ2n) is 2.51. The zero-order valence-corrected chi connectivity index (χ0v) is 8.02. The Labute approximate surface area is 73.7 Å². The highest BCUT2D eigenvalue weighted by atomic mass is 16.5. The van der Waals surface area contributed by atoms with Crippen LogP contribution in [0.25, 0.3) is 0 Å². The van der Waals surface area contributed by atoms with E-state index < -0.39 is 0 Å². The fourth-order valence-corrected chi connectivity index (χ4v) is 0.731. The molecule has 2 N–H and O–H groups in total. The van der Waals surface area contributed by atoms with E-state index in [-0.39, 0.29) is 12.0 Å². The van der Waals surface area contributed by atoms with Gasteiger partial charge in [0.2, 0.25) is 5.91 Å². The van der Waals surface area contributed by atoms with Gasteiger partial charge in [-0.1, -0.05) is 0 Å². The van der Waals surface area contributed by atoms with Crippen LogP contribution in [0.2, 0.25) is 0 Å². The van der Waals surface area contributed by atoms with E-state index in [0.29, 0.717) is 13.2 Å². The van der Waals surface area contributed by atoms with Crippen LogP contribution in [-0.4, -0.2) is 38.8 Å². The lowest BCUT2D eigenvalue weighted by Crippen LogP contribution is -2.35. The van der Waals surface area contributed by atoms with Crippen molar-refractivity contribution >= 4 is 5.91 Å². The molecule has 0 aliphatic rings. The van der Waals surface area contributed by atoms with E-state index in [1.54, 1.807) is 6.92 Å². The number of carbonyl (C=O) groups excluding carboxylic acids is 1. The fraction of sp³-hybridized carbons (Fsp3) is 0.875. The maximum atomic E-state index is 11.1. The van der Waals surface area contributed by atoms with Crippen LogP contribution in [0, 0.1) is 0 Å². The summed E-state index contributed by atoms with van der Waals surface area (Å²) in [5.74, 6) is -0.0476. The average molecular weight is 174 g/mol. The van der Waals surface area contributed by atoms with Crippen LogP contribution in [0.1, 0.15) is 13.8 Å². The standard InChI is InChI=1S/C8H18N2O2/c1-4-10-8(11)7(2)12-6-5-9-3/h7,9H,4-6H2,1-3H3,(H,10,11). The smallest absolute Gasteiger partial charge is 0.248 e. The van der Waals surface area contributed by atoms with Crippen LogP contribution >= 0.6 is 0 Å². The van der Waals surface area contributed by atoms with Gasteiger partial charge in [-0.05, 0) is 20.9 Å². The van der Waals surface area contributed by atoms with E-state index in [4.69, 9.17) is 4.74 Å². The van der Waals surface area contributed by atoms with Gasteiger partial charge in [0.25, 0.3) is 0 Å². The van der Waals surface area contributed by atoms with E-state index in [0.717, 1.165) is 6.54 Å². The molecule has 4 heteroatoms. The number of hydrogen-bond acceptors (Lipinski definition) is 3. The lowest BCUT2D eigenvalue weighted by molar-refractivity contribution is -0.131. The summed E-state index contributed by atoms with van der Waals surface area (Å²) in [5, 5.41) is 5.63. The van der Waals surface area contributed by atoms with Gasteiger partial charge in [0.05, 0.1) is 6.61 Å². The second-order valence-corrected chi connectivity index (χ2v) is 2.51. The maximum absolute atomic E-state index is 11.1. The van der Waals surface area contributed by atoms with Crippen molar-refractivity contribution in [3.63, 3.8) is 0 Å². The highest BCUT2D eigenvalue weighted by molar-refractivity contribution is 5.80. The van der Waals surface area contributed by atoms with Crippen molar-refractivity contribution in [3.8, 4) is 0 Å². The minimum atomic E-state index is -0.349. The summed E-state index contributed by atoms with van der Waals surface area (Å²) in [7, 11) is 1.85. The van der Waals surface area contributed by atoms with Gasteiger partial charge in [-0.2, -0.15) is 0 Å². The molecule has 0 bridgehead atoms. The number of rotatable bonds is 6. The summed E-state index contributed by atoms with van der Waals surface area (Å²) in [6.45, 7) is 5.62. The van der Waals surface area contributed by atoms with Crippen LogP contribution in [0.3, 0.4) is 0 Å². The minimum Gasteiger partial charge on any atom is -0.367 e. The Morgan fingerprint density at radius 2 is 2.25 bits per heavy atom. The largest absolute Gasteiger partial charge is 0.367 e. The zero-order chi connectivity index (χ0) is 9.40. The lowest BCUT2D eigenvalue weighted by Gasteiger charge is -2.11. The summed E-state index contributed by atoms with van der Waals surface area (Å²) in [5.41, 5.74) is 0. The highest BCUT2D eigenvalue weighted by Gasteiger charge is 2.10. The Morgan fingerprint density at radius 1 is 1.58 bits per heavy atom. The second kappa shape index (κ2) is 7.06. The fourth-order valence-electron chi connectivity index (χ4n) is 0.731. The van der Waals surface area contributed by atoms with Gasteiger partial charge in [-0.25, -0.2) is 0 Å². The van der Waals surface area contributed by atoms with Crippen molar-refractivity contribution in [2.24, 2.45) is 0 Å². The van der Waals surface area contributed by atoms with Crippen molar-refractivity contribution in [1.29, 1.82) is 0 Å². The number of nitrogens with one attached hydrogen (secondary N) is 2. The SMILES string of the molecule is CCNC(=O)C(C)OCCNC. The number of hydrogen-bond donors (Lipinski definition) is 2. The van der Waals surface area contributed by atoms with E-state index in [1.807, 2.05) is 14.0 Å². The molecule has 1 atom stereocenters. The van der Waals surface area contributed by atoms with Crippen molar-refractivity contribution in [1.82, 2.24) is 10.6 Å². The van der Waals surface area contributed by atoms with Gasteiger partial charge in [-0.15, -0.1) is 0 Å². The third kappa shape index (κ3) is 5.09. The summed E-state index contributed by atoms with van der Waals surface area (Å²) >= 11 is 0. The molecule has 0 aliphatic carbocycles. The van der Waals surface area contributed by atoms with E-state index >= 15 is 0 Å². The van der Waals surface area contributed by atoms with Crippen molar-refractivity contribution in [2.45, 2.75) is 20.0 Å². The van der Waals surface area contributed by atoms with Crippen molar-refractivity contribution in [3.05, 3.63) is 0 Å². The zero-order valence-electron chi connectivity index (χ0n) is 8.02. The first kappa shape index (κ1) is 11.4. The van der Waals surface area contributed by atoms with Crippen molar-refractivity contribution < 1.29 is 9.53 Å². The Kier molecular flexibility index (Phi) is 6.70. The van der Waals surface area contributed by atoms with Crippen LogP contribution in [0.15, 0.2) is 0 Å².